The van der Waals surface area contributed by atoms with Crippen LogP contribution in [0.15, 0.2) is 5.51 Å². The molecule has 0 saturated heterocycles. The first-order valence-electron chi connectivity index (χ1n) is 7.82. The molecule has 116 valence electrons. The van der Waals surface area contributed by atoms with Gasteiger partial charge in [0.05, 0.1) is 35.9 Å². The number of aryl methyl sites for hydroxylation is 1. The molecule has 1 aromatic heterocycles. The molecule has 1 heterocycles. The summed E-state index contributed by atoms with van der Waals surface area (Å²) in [7, 11) is 0. The summed E-state index contributed by atoms with van der Waals surface area (Å²) in [6.07, 6.45) is 4.15. The summed E-state index contributed by atoms with van der Waals surface area (Å²) in [5.41, 5.74) is 3.30. The number of nitriles is 1. The Bertz CT molecular complexity index is 498. The third kappa shape index (κ3) is 4.28. The molecule has 0 aliphatic heterocycles. The van der Waals surface area contributed by atoms with Crippen LogP contribution in [0.4, 0.5) is 0 Å². The normalized spacial score (nSPS) is 26.5. The van der Waals surface area contributed by atoms with Crippen LogP contribution in [-0.4, -0.2) is 17.7 Å². The lowest BCUT2D eigenvalue weighted by atomic mass is 9.69. The van der Waals surface area contributed by atoms with Gasteiger partial charge in [0.1, 0.15) is 0 Å². The number of hydrogen-bond donors (Lipinski definition) is 0. The molecule has 1 aliphatic carbocycles. The predicted octanol–water partition coefficient (Wildman–Crippen LogP) is 4.37. The van der Waals surface area contributed by atoms with Crippen LogP contribution in [0, 0.1) is 35.5 Å². The van der Waals surface area contributed by atoms with E-state index in [4.69, 9.17) is 4.74 Å². The van der Waals surface area contributed by atoms with Gasteiger partial charge in [0, 0.05) is 11.3 Å². The number of ether oxygens (including phenoxy) is 1. The van der Waals surface area contributed by atoms with E-state index < -0.39 is 0 Å². The molecule has 2 rings (SSSR count). The molecule has 0 radical (unpaired) electrons. The zero-order valence-electron chi connectivity index (χ0n) is 13.6. The summed E-state index contributed by atoms with van der Waals surface area (Å²) in [6, 6.07) is 2.45. The van der Waals surface area contributed by atoms with Crippen molar-refractivity contribution in [2.24, 2.45) is 17.3 Å². The van der Waals surface area contributed by atoms with Crippen molar-refractivity contribution in [2.75, 3.05) is 6.61 Å². The third-order valence-corrected chi connectivity index (χ3v) is 5.68. The number of rotatable bonds is 4. The number of hydrogen-bond acceptors (Lipinski definition) is 4. The average molecular weight is 306 g/mol. The fourth-order valence-corrected chi connectivity index (χ4v) is 3.88. The van der Waals surface area contributed by atoms with Crippen LogP contribution in [0.3, 0.4) is 0 Å². The Hall–Kier alpha value is -0.920. The Morgan fingerprint density at radius 1 is 1.43 bits per heavy atom. The van der Waals surface area contributed by atoms with Crippen molar-refractivity contribution in [1.29, 1.82) is 5.26 Å². The Labute approximate surface area is 132 Å². The zero-order chi connectivity index (χ0) is 15.5. The molecular weight excluding hydrogens is 280 g/mol. The van der Waals surface area contributed by atoms with Crippen LogP contribution in [0.2, 0.25) is 0 Å². The molecule has 1 fully saturated rings. The SMILES string of the molecule is Cc1ncsc1CCOC1CC(C(C)(C)C)CCC1C#N. The number of thiazole rings is 1. The van der Waals surface area contributed by atoms with Gasteiger partial charge in [-0.15, -0.1) is 11.3 Å². The molecule has 0 amide bonds. The lowest BCUT2D eigenvalue weighted by Crippen LogP contribution is -2.36. The second-order valence-corrected chi connectivity index (χ2v) is 8.07. The summed E-state index contributed by atoms with van der Waals surface area (Å²) in [5.74, 6) is 0.711. The van der Waals surface area contributed by atoms with Crippen molar-refractivity contribution >= 4 is 11.3 Å². The summed E-state index contributed by atoms with van der Waals surface area (Å²) >= 11 is 1.69. The van der Waals surface area contributed by atoms with Gasteiger partial charge in [-0.1, -0.05) is 20.8 Å². The van der Waals surface area contributed by atoms with Crippen LogP contribution < -0.4 is 0 Å². The minimum atomic E-state index is 0.0613. The Balaban J connectivity index is 1.89. The maximum atomic E-state index is 9.34. The van der Waals surface area contributed by atoms with E-state index in [1.165, 1.54) is 4.88 Å². The van der Waals surface area contributed by atoms with Crippen LogP contribution >= 0.6 is 11.3 Å². The standard InChI is InChI=1S/C17H26N2OS/c1-12-16(21-11-19-12)7-8-20-15-9-14(17(2,3)4)6-5-13(15)10-18/h11,13-15H,5-9H2,1-4H3. The van der Waals surface area contributed by atoms with Crippen LogP contribution in [0.5, 0.6) is 0 Å². The monoisotopic (exact) mass is 306 g/mol. The molecule has 0 aromatic carbocycles. The van der Waals surface area contributed by atoms with Gasteiger partial charge in [0.25, 0.3) is 0 Å². The minimum absolute atomic E-state index is 0.0613. The lowest BCUT2D eigenvalue weighted by Gasteiger charge is -2.39. The van der Waals surface area contributed by atoms with Crippen molar-refractivity contribution < 1.29 is 4.74 Å². The van der Waals surface area contributed by atoms with Crippen molar-refractivity contribution in [3.63, 3.8) is 0 Å². The summed E-state index contributed by atoms with van der Waals surface area (Å²) < 4.78 is 6.10. The van der Waals surface area contributed by atoms with Crippen LogP contribution in [0.1, 0.15) is 50.6 Å². The molecular formula is C17H26N2OS. The van der Waals surface area contributed by atoms with Gasteiger partial charge < -0.3 is 4.74 Å². The first kappa shape index (κ1) is 16.5. The van der Waals surface area contributed by atoms with Gasteiger partial charge in [0.2, 0.25) is 0 Å². The highest BCUT2D eigenvalue weighted by Gasteiger charge is 2.36. The van der Waals surface area contributed by atoms with E-state index in [0.29, 0.717) is 17.9 Å². The van der Waals surface area contributed by atoms with Crippen molar-refractivity contribution in [1.82, 2.24) is 4.98 Å². The van der Waals surface area contributed by atoms with Gasteiger partial charge in [-0.3, -0.25) is 0 Å². The van der Waals surface area contributed by atoms with Gasteiger partial charge in [-0.2, -0.15) is 5.26 Å². The van der Waals surface area contributed by atoms with E-state index in [1.54, 1.807) is 11.3 Å². The molecule has 1 saturated carbocycles. The van der Waals surface area contributed by atoms with Gasteiger partial charge in [-0.05, 0) is 37.5 Å². The van der Waals surface area contributed by atoms with Gasteiger partial charge in [-0.25, -0.2) is 4.98 Å². The Morgan fingerprint density at radius 2 is 2.19 bits per heavy atom. The minimum Gasteiger partial charge on any atom is -0.376 e. The Kier molecular flexibility index (Phi) is 5.40. The number of aromatic nitrogens is 1. The molecule has 21 heavy (non-hydrogen) atoms. The third-order valence-electron chi connectivity index (χ3n) is 4.69. The highest BCUT2D eigenvalue weighted by molar-refractivity contribution is 7.09. The summed E-state index contributed by atoms with van der Waals surface area (Å²) in [4.78, 5) is 5.57. The highest BCUT2D eigenvalue weighted by atomic mass is 32.1. The maximum Gasteiger partial charge on any atom is 0.0797 e. The molecule has 1 aliphatic rings. The second kappa shape index (κ2) is 6.89. The zero-order valence-corrected chi connectivity index (χ0v) is 14.4. The average Bonchev–Trinajstić information content (AvgIpc) is 2.83. The van der Waals surface area contributed by atoms with E-state index in [9.17, 15) is 5.26 Å². The number of nitrogens with zero attached hydrogens (tertiary/aromatic N) is 2. The molecule has 3 nitrogen and oxygen atoms in total. The quantitative estimate of drug-likeness (QED) is 0.830. The Morgan fingerprint density at radius 3 is 2.76 bits per heavy atom. The van der Waals surface area contributed by atoms with Gasteiger partial charge >= 0.3 is 0 Å². The van der Waals surface area contributed by atoms with E-state index in [0.717, 1.165) is 31.4 Å². The van der Waals surface area contributed by atoms with E-state index in [-0.39, 0.29) is 12.0 Å². The molecule has 3 unspecified atom stereocenters. The van der Waals surface area contributed by atoms with E-state index in [2.05, 4.69) is 31.8 Å². The van der Waals surface area contributed by atoms with E-state index in [1.807, 2.05) is 12.4 Å². The first-order valence-corrected chi connectivity index (χ1v) is 8.70. The summed E-state index contributed by atoms with van der Waals surface area (Å²) in [6.45, 7) is 9.62. The van der Waals surface area contributed by atoms with Crippen molar-refractivity contribution in [2.45, 2.75) is 59.5 Å². The summed E-state index contributed by atoms with van der Waals surface area (Å²) in [5, 5.41) is 9.34. The largest absolute Gasteiger partial charge is 0.376 e. The predicted molar refractivity (Wildman–Crippen MR) is 86.2 cm³/mol. The van der Waals surface area contributed by atoms with Crippen molar-refractivity contribution in [3.8, 4) is 6.07 Å². The molecule has 4 heteroatoms. The molecule has 0 N–H and O–H groups in total. The molecule has 3 atom stereocenters. The maximum absolute atomic E-state index is 9.34. The van der Waals surface area contributed by atoms with Gasteiger partial charge in [0.15, 0.2) is 0 Å². The smallest absolute Gasteiger partial charge is 0.0797 e. The highest BCUT2D eigenvalue weighted by Crippen LogP contribution is 2.40. The van der Waals surface area contributed by atoms with Crippen molar-refractivity contribution in [3.05, 3.63) is 16.1 Å². The van der Waals surface area contributed by atoms with E-state index >= 15 is 0 Å². The molecule has 0 spiro atoms. The van der Waals surface area contributed by atoms with Crippen LogP contribution in [-0.2, 0) is 11.2 Å². The lowest BCUT2D eigenvalue weighted by molar-refractivity contribution is -0.0264. The van der Waals surface area contributed by atoms with Crippen LogP contribution in [0.25, 0.3) is 0 Å². The fourth-order valence-electron chi connectivity index (χ4n) is 3.12. The topological polar surface area (TPSA) is 45.9 Å². The second-order valence-electron chi connectivity index (χ2n) is 7.13. The molecule has 1 aromatic rings. The first-order chi connectivity index (χ1) is 9.91. The fraction of sp³-hybridized carbons (Fsp3) is 0.765. The molecule has 0 bridgehead atoms.